The van der Waals surface area contributed by atoms with E-state index in [2.05, 4.69) is 5.32 Å². The number of amides is 2. The van der Waals surface area contributed by atoms with Crippen molar-refractivity contribution in [3.05, 3.63) is 23.2 Å². The molecule has 1 aromatic rings. The van der Waals surface area contributed by atoms with Gasteiger partial charge in [-0.1, -0.05) is 11.6 Å². The zero-order chi connectivity index (χ0) is 14.0. The van der Waals surface area contributed by atoms with Gasteiger partial charge in [-0.15, -0.1) is 0 Å². The van der Waals surface area contributed by atoms with E-state index in [1.807, 2.05) is 0 Å². The standard InChI is InChI=1S/C13H17ClN2O3/c1-8(17)9-6-16(7-9)13(18)15-11-5-10(14)3-4-12(11)19-2/h3-5,8-9,17H,6-7H2,1-2H3,(H,15,18). The minimum absolute atomic E-state index is 0.159. The SMILES string of the molecule is COc1ccc(Cl)cc1NC(=O)N1CC(C(C)O)C1. The highest BCUT2D eigenvalue weighted by atomic mass is 35.5. The molecule has 2 N–H and O–H groups in total. The minimum atomic E-state index is -0.384. The maximum Gasteiger partial charge on any atom is 0.321 e. The van der Waals surface area contributed by atoms with Gasteiger partial charge in [0.25, 0.3) is 0 Å². The number of benzene rings is 1. The van der Waals surface area contributed by atoms with Crippen molar-refractivity contribution in [2.75, 3.05) is 25.5 Å². The Labute approximate surface area is 117 Å². The van der Waals surface area contributed by atoms with Crippen LogP contribution >= 0.6 is 11.6 Å². The third kappa shape index (κ3) is 3.11. The fraction of sp³-hybridized carbons (Fsp3) is 0.462. The molecule has 104 valence electrons. The van der Waals surface area contributed by atoms with Gasteiger partial charge < -0.3 is 20.1 Å². The molecular formula is C13H17ClN2O3. The molecule has 1 aliphatic rings. The van der Waals surface area contributed by atoms with Crippen LogP contribution in [0.25, 0.3) is 0 Å². The highest BCUT2D eigenvalue weighted by Gasteiger charge is 2.33. The number of urea groups is 1. The number of anilines is 1. The number of aliphatic hydroxyl groups excluding tert-OH is 1. The Balaban J connectivity index is 1.98. The number of likely N-dealkylation sites (tertiary alicyclic amines) is 1. The second kappa shape index (κ2) is 5.67. The molecule has 0 saturated carbocycles. The van der Waals surface area contributed by atoms with Gasteiger partial charge in [-0.25, -0.2) is 4.79 Å². The first-order valence-electron chi connectivity index (χ1n) is 6.08. The van der Waals surface area contributed by atoms with Crippen molar-refractivity contribution >= 4 is 23.3 Å². The molecule has 0 spiro atoms. The number of aliphatic hydroxyl groups is 1. The van der Waals surface area contributed by atoms with E-state index in [1.165, 1.54) is 7.11 Å². The Hall–Kier alpha value is -1.46. The summed E-state index contributed by atoms with van der Waals surface area (Å²) in [6.45, 7) is 2.86. The summed E-state index contributed by atoms with van der Waals surface area (Å²) in [6, 6.07) is 4.83. The Kier molecular flexibility index (Phi) is 4.17. The molecule has 2 amide bonds. The van der Waals surface area contributed by atoms with E-state index < -0.39 is 0 Å². The predicted molar refractivity (Wildman–Crippen MR) is 73.8 cm³/mol. The second-order valence-corrected chi connectivity index (χ2v) is 5.12. The van der Waals surface area contributed by atoms with Gasteiger partial charge in [-0.05, 0) is 25.1 Å². The van der Waals surface area contributed by atoms with Crippen LogP contribution in [0.2, 0.25) is 5.02 Å². The molecule has 19 heavy (non-hydrogen) atoms. The highest BCUT2D eigenvalue weighted by Crippen LogP contribution is 2.29. The van der Waals surface area contributed by atoms with Gasteiger partial charge in [0.05, 0.1) is 18.9 Å². The molecule has 1 heterocycles. The Morgan fingerprint density at radius 1 is 1.58 bits per heavy atom. The van der Waals surface area contributed by atoms with E-state index >= 15 is 0 Å². The minimum Gasteiger partial charge on any atom is -0.495 e. The fourth-order valence-corrected chi connectivity index (χ4v) is 2.13. The van der Waals surface area contributed by atoms with Gasteiger partial charge in [-0.3, -0.25) is 0 Å². The van der Waals surface area contributed by atoms with Crippen molar-refractivity contribution in [1.82, 2.24) is 4.90 Å². The fourth-order valence-electron chi connectivity index (χ4n) is 1.96. The summed E-state index contributed by atoms with van der Waals surface area (Å²) in [5.74, 6) is 0.720. The number of nitrogens with zero attached hydrogens (tertiary/aromatic N) is 1. The first-order valence-corrected chi connectivity index (χ1v) is 6.46. The molecule has 0 aromatic heterocycles. The van der Waals surface area contributed by atoms with Crippen LogP contribution in [-0.2, 0) is 0 Å². The molecule has 6 heteroatoms. The maximum atomic E-state index is 12.0. The van der Waals surface area contributed by atoms with Gasteiger partial charge in [0.15, 0.2) is 0 Å². The second-order valence-electron chi connectivity index (χ2n) is 4.68. The summed E-state index contributed by atoms with van der Waals surface area (Å²) in [5.41, 5.74) is 0.542. The number of halogens is 1. The number of hydrogen-bond acceptors (Lipinski definition) is 3. The summed E-state index contributed by atoms with van der Waals surface area (Å²) < 4.78 is 5.16. The molecule has 1 unspecified atom stereocenters. The number of ether oxygens (including phenoxy) is 1. The summed E-state index contributed by atoms with van der Waals surface area (Å²) in [6.07, 6.45) is -0.384. The molecule has 5 nitrogen and oxygen atoms in total. The average molecular weight is 285 g/mol. The normalized spacial score (nSPS) is 16.7. The zero-order valence-corrected chi connectivity index (χ0v) is 11.6. The van der Waals surface area contributed by atoms with E-state index in [-0.39, 0.29) is 18.1 Å². The van der Waals surface area contributed by atoms with Crippen molar-refractivity contribution in [2.45, 2.75) is 13.0 Å². The van der Waals surface area contributed by atoms with Crippen LogP contribution < -0.4 is 10.1 Å². The lowest BCUT2D eigenvalue weighted by atomic mass is 9.95. The van der Waals surface area contributed by atoms with Gasteiger partial charge >= 0.3 is 6.03 Å². The first kappa shape index (κ1) is 14.0. The Morgan fingerprint density at radius 3 is 2.84 bits per heavy atom. The van der Waals surface area contributed by atoms with E-state index in [0.717, 1.165) is 0 Å². The van der Waals surface area contributed by atoms with Crippen molar-refractivity contribution in [3.63, 3.8) is 0 Å². The summed E-state index contributed by atoms with van der Waals surface area (Å²) in [5, 5.41) is 12.7. The molecule has 1 aliphatic heterocycles. The molecule has 1 aromatic carbocycles. The molecular weight excluding hydrogens is 268 g/mol. The lowest BCUT2D eigenvalue weighted by Crippen LogP contribution is -2.55. The number of carbonyl (C=O) groups is 1. The maximum absolute atomic E-state index is 12.0. The lowest BCUT2D eigenvalue weighted by molar-refractivity contribution is 0.0309. The van der Waals surface area contributed by atoms with Crippen molar-refractivity contribution in [2.24, 2.45) is 5.92 Å². The molecule has 2 rings (SSSR count). The van der Waals surface area contributed by atoms with Gasteiger partial charge in [0.1, 0.15) is 5.75 Å². The van der Waals surface area contributed by atoms with Crippen LogP contribution in [0.15, 0.2) is 18.2 Å². The van der Waals surface area contributed by atoms with E-state index in [1.54, 1.807) is 30.0 Å². The summed E-state index contributed by atoms with van der Waals surface area (Å²) in [4.78, 5) is 13.6. The Morgan fingerprint density at radius 2 is 2.26 bits per heavy atom. The molecule has 0 radical (unpaired) electrons. The number of methoxy groups -OCH3 is 1. The van der Waals surface area contributed by atoms with Crippen molar-refractivity contribution < 1.29 is 14.6 Å². The number of nitrogens with one attached hydrogen (secondary N) is 1. The largest absolute Gasteiger partial charge is 0.495 e. The van der Waals surface area contributed by atoms with E-state index in [9.17, 15) is 9.90 Å². The third-order valence-electron chi connectivity index (χ3n) is 3.28. The lowest BCUT2D eigenvalue weighted by Gasteiger charge is -2.40. The quantitative estimate of drug-likeness (QED) is 0.894. The van der Waals surface area contributed by atoms with Gasteiger partial charge in [0, 0.05) is 24.0 Å². The molecule has 1 atom stereocenters. The van der Waals surface area contributed by atoms with Crippen LogP contribution in [-0.4, -0.2) is 42.3 Å². The van der Waals surface area contributed by atoms with Crippen LogP contribution in [0.1, 0.15) is 6.92 Å². The highest BCUT2D eigenvalue weighted by molar-refractivity contribution is 6.31. The predicted octanol–water partition coefficient (Wildman–Crippen LogP) is 2.19. The summed E-state index contributed by atoms with van der Waals surface area (Å²) >= 11 is 5.90. The number of carbonyl (C=O) groups excluding carboxylic acids is 1. The van der Waals surface area contributed by atoms with Crippen LogP contribution in [0.5, 0.6) is 5.75 Å². The van der Waals surface area contributed by atoms with Crippen molar-refractivity contribution in [1.29, 1.82) is 0 Å². The van der Waals surface area contributed by atoms with E-state index in [4.69, 9.17) is 16.3 Å². The van der Waals surface area contributed by atoms with E-state index in [0.29, 0.717) is 29.5 Å². The van der Waals surface area contributed by atoms with Crippen LogP contribution in [0.4, 0.5) is 10.5 Å². The average Bonchev–Trinajstić information content (AvgIpc) is 2.26. The summed E-state index contributed by atoms with van der Waals surface area (Å²) in [7, 11) is 1.53. The van der Waals surface area contributed by atoms with Gasteiger partial charge in [-0.2, -0.15) is 0 Å². The first-order chi connectivity index (χ1) is 9.01. The van der Waals surface area contributed by atoms with Crippen molar-refractivity contribution in [3.8, 4) is 5.75 Å². The molecule has 0 aliphatic carbocycles. The van der Waals surface area contributed by atoms with Gasteiger partial charge in [0.2, 0.25) is 0 Å². The third-order valence-corrected chi connectivity index (χ3v) is 3.52. The molecule has 1 saturated heterocycles. The number of hydrogen-bond donors (Lipinski definition) is 2. The van der Waals surface area contributed by atoms with Crippen LogP contribution in [0.3, 0.4) is 0 Å². The Bertz CT molecular complexity index is 473. The molecule has 0 bridgehead atoms. The topological polar surface area (TPSA) is 61.8 Å². The number of rotatable bonds is 3. The monoisotopic (exact) mass is 284 g/mol. The molecule has 1 fully saturated rings. The zero-order valence-electron chi connectivity index (χ0n) is 10.9. The smallest absolute Gasteiger partial charge is 0.321 e. The van der Waals surface area contributed by atoms with Crippen LogP contribution in [0, 0.1) is 5.92 Å².